The summed E-state index contributed by atoms with van der Waals surface area (Å²) in [4.78, 5) is 0. The van der Waals surface area contributed by atoms with Gasteiger partial charge in [-0.2, -0.15) is 0 Å². The van der Waals surface area contributed by atoms with E-state index in [4.69, 9.17) is 10.9 Å². The van der Waals surface area contributed by atoms with Crippen LogP contribution in [0.15, 0.2) is 29.4 Å². The van der Waals surface area contributed by atoms with E-state index in [-0.39, 0.29) is 11.3 Å². The molecule has 0 saturated carbocycles. The van der Waals surface area contributed by atoms with E-state index >= 15 is 0 Å². The highest BCUT2D eigenvalue weighted by Gasteiger charge is 2.19. The van der Waals surface area contributed by atoms with Gasteiger partial charge in [-0.15, -0.1) is 0 Å². The van der Waals surface area contributed by atoms with E-state index in [9.17, 15) is 0 Å². The molecule has 4 N–H and O–H groups in total. The summed E-state index contributed by atoms with van der Waals surface area (Å²) in [6.07, 6.45) is 0. The lowest BCUT2D eigenvalue weighted by molar-refractivity contribution is 0.285. The first kappa shape index (κ1) is 14.5. The van der Waals surface area contributed by atoms with Crippen LogP contribution >= 0.6 is 0 Å². The molecule has 0 heterocycles. The molecule has 1 atom stereocenters. The van der Waals surface area contributed by atoms with Gasteiger partial charge >= 0.3 is 0 Å². The van der Waals surface area contributed by atoms with Crippen molar-refractivity contribution < 1.29 is 5.21 Å². The molecule has 0 saturated heterocycles. The van der Waals surface area contributed by atoms with Crippen molar-refractivity contribution in [2.45, 2.75) is 40.3 Å². The van der Waals surface area contributed by atoms with Gasteiger partial charge in [0, 0.05) is 18.2 Å². The maximum absolute atomic E-state index is 8.76. The van der Waals surface area contributed by atoms with Crippen molar-refractivity contribution in [1.29, 1.82) is 0 Å². The standard InChI is InChI=1S/C14H23N3O/c1-10(14(2,3)4)16-9-11-7-5-6-8-12(11)13(15)17-18/h5-8,10,16,18H,9H2,1-4H3,(H2,15,17). The predicted molar refractivity (Wildman–Crippen MR) is 74.7 cm³/mol. The predicted octanol–water partition coefficient (Wildman–Crippen LogP) is 2.31. The Hall–Kier alpha value is -1.55. The molecule has 0 fully saturated rings. The highest BCUT2D eigenvalue weighted by atomic mass is 16.4. The van der Waals surface area contributed by atoms with E-state index in [1.807, 2.05) is 24.3 Å². The molecule has 0 bridgehead atoms. The Bertz CT molecular complexity index is 421. The molecule has 1 aromatic carbocycles. The van der Waals surface area contributed by atoms with Gasteiger partial charge in [0.05, 0.1) is 0 Å². The van der Waals surface area contributed by atoms with Crippen LogP contribution in [0, 0.1) is 5.41 Å². The van der Waals surface area contributed by atoms with Crippen molar-refractivity contribution >= 4 is 5.84 Å². The smallest absolute Gasteiger partial charge is 0.170 e. The zero-order valence-corrected chi connectivity index (χ0v) is 11.6. The Labute approximate surface area is 109 Å². The number of oxime groups is 1. The van der Waals surface area contributed by atoms with Crippen LogP contribution in [0.2, 0.25) is 0 Å². The summed E-state index contributed by atoms with van der Waals surface area (Å²) >= 11 is 0. The first-order valence-corrected chi connectivity index (χ1v) is 6.15. The summed E-state index contributed by atoms with van der Waals surface area (Å²) in [5.41, 5.74) is 7.66. The topological polar surface area (TPSA) is 70.6 Å². The quantitative estimate of drug-likeness (QED) is 0.332. The summed E-state index contributed by atoms with van der Waals surface area (Å²) in [5.74, 6) is 0.149. The molecule has 1 aromatic rings. The molecule has 0 aromatic heterocycles. The molecular formula is C14H23N3O. The van der Waals surface area contributed by atoms with Crippen molar-refractivity contribution in [1.82, 2.24) is 5.32 Å². The van der Waals surface area contributed by atoms with Gasteiger partial charge in [0.1, 0.15) is 0 Å². The SMILES string of the molecule is CC(NCc1ccccc1/C(N)=N/O)C(C)(C)C. The first-order chi connectivity index (χ1) is 8.36. The lowest BCUT2D eigenvalue weighted by atomic mass is 9.88. The number of nitrogens with one attached hydrogen (secondary N) is 1. The summed E-state index contributed by atoms with van der Waals surface area (Å²) < 4.78 is 0. The normalized spacial score (nSPS) is 14.6. The average Bonchev–Trinajstić information content (AvgIpc) is 2.34. The highest BCUT2D eigenvalue weighted by molar-refractivity contribution is 5.98. The van der Waals surface area contributed by atoms with Crippen molar-refractivity contribution in [3.8, 4) is 0 Å². The largest absolute Gasteiger partial charge is 0.409 e. The number of amidine groups is 1. The molecule has 1 unspecified atom stereocenters. The highest BCUT2D eigenvalue weighted by Crippen LogP contribution is 2.19. The molecule has 4 heteroatoms. The number of hydrogen-bond acceptors (Lipinski definition) is 3. The van der Waals surface area contributed by atoms with Gasteiger partial charge in [-0.3, -0.25) is 0 Å². The van der Waals surface area contributed by atoms with Crippen LogP contribution in [0.25, 0.3) is 0 Å². The summed E-state index contributed by atoms with van der Waals surface area (Å²) in [6, 6.07) is 8.04. The van der Waals surface area contributed by atoms with Gasteiger partial charge in [-0.1, -0.05) is 50.2 Å². The van der Waals surface area contributed by atoms with Gasteiger partial charge in [0.15, 0.2) is 5.84 Å². The van der Waals surface area contributed by atoms with Crippen molar-refractivity contribution in [2.75, 3.05) is 0 Å². The summed E-state index contributed by atoms with van der Waals surface area (Å²) in [5, 5.41) is 15.3. The van der Waals surface area contributed by atoms with Gasteiger partial charge in [0.25, 0.3) is 0 Å². The van der Waals surface area contributed by atoms with E-state index in [2.05, 4.69) is 38.2 Å². The van der Waals surface area contributed by atoms with Crippen molar-refractivity contribution in [2.24, 2.45) is 16.3 Å². The van der Waals surface area contributed by atoms with Crippen LogP contribution in [0.1, 0.15) is 38.8 Å². The summed E-state index contributed by atoms with van der Waals surface area (Å²) in [7, 11) is 0. The van der Waals surface area contributed by atoms with Gasteiger partial charge in [-0.25, -0.2) is 0 Å². The Balaban J connectivity index is 2.80. The Kier molecular flexibility index (Phi) is 4.73. The lowest BCUT2D eigenvalue weighted by Gasteiger charge is -2.28. The molecule has 0 aliphatic rings. The minimum absolute atomic E-state index is 0.149. The molecule has 0 spiro atoms. The summed E-state index contributed by atoms with van der Waals surface area (Å²) in [6.45, 7) is 9.44. The fourth-order valence-electron chi connectivity index (χ4n) is 1.55. The molecule has 4 nitrogen and oxygen atoms in total. The molecule has 100 valence electrons. The average molecular weight is 249 g/mol. The minimum atomic E-state index is 0.149. The second-order valence-corrected chi connectivity index (χ2v) is 5.61. The molecule has 0 aliphatic heterocycles. The maximum Gasteiger partial charge on any atom is 0.170 e. The first-order valence-electron chi connectivity index (χ1n) is 6.15. The number of hydrogen-bond donors (Lipinski definition) is 3. The fourth-order valence-corrected chi connectivity index (χ4v) is 1.55. The molecule has 0 aliphatic carbocycles. The number of nitrogens with zero attached hydrogens (tertiary/aromatic N) is 1. The van der Waals surface area contributed by atoms with E-state index in [1.165, 1.54) is 0 Å². The van der Waals surface area contributed by atoms with Crippen molar-refractivity contribution in [3.05, 3.63) is 35.4 Å². The Morgan fingerprint density at radius 3 is 2.56 bits per heavy atom. The van der Waals surface area contributed by atoms with Crippen LogP contribution in [-0.2, 0) is 6.54 Å². The molecular weight excluding hydrogens is 226 g/mol. The van der Waals surface area contributed by atoms with E-state index in [1.54, 1.807) is 0 Å². The molecule has 0 amide bonds. The Morgan fingerprint density at radius 2 is 2.00 bits per heavy atom. The number of nitrogens with two attached hydrogens (primary N) is 1. The van der Waals surface area contributed by atoms with Crippen LogP contribution < -0.4 is 11.1 Å². The van der Waals surface area contributed by atoms with Gasteiger partial charge < -0.3 is 16.3 Å². The second kappa shape index (κ2) is 5.87. The minimum Gasteiger partial charge on any atom is -0.409 e. The third kappa shape index (κ3) is 3.74. The maximum atomic E-state index is 8.76. The van der Waals surface area contributed by atoms with Crippen LogP contribution in [0.5, 0.6) is 0 Å². The lowest BCUT2D eigenvalue weighted by Crippen LogP contribution is -2.37. The van der Waals surface area contributed by atoms with E-state index in [0.29, 0.717) is 12.6 Å². The monoisotopic (exact) mass is 249 g/mol. The Morgan fingerprint density at radius 1 is 1.39 bits per heavy atom. The van der Waals surface area contributed by atoms with E-state index < -0.39 is 0 Å². The zero-order valence-electron chi connectivity index (χ0n) is 11.6. The second-order valence-electron chi connectivity index (χ2n) is 5.61. The van der Waals surface area contributed by atoms with E-state index in [0.717, 1.165) is 11.1 Å². The number of benzene rings is 1. The third-order valence-corrected chi connectivity index (χ3v) is 3.30. The molecule has 0 radical (unpaired) electrons. The molecule has 1 rings (SSSR count). The van der Waals surface area contributed by atoms with Gasteiger partial charge in [0.2, 0.25) is 0 Å². The van der Waals surface area contributed by atoms with Crippen molar-refractivity contribution in [3.63, 3.8) is 0 Å². The zero-order chi connectivity index (χ0) is 13.8. The van der Waals surface area contributed by atoms with Gasteiger partial charge in [-0.05, 0) is 17.9 Å². The molecule has 18 heavy (non-hydrogen) atoms. The van der Waals surface area contributed by atoms with Crippen LogP contribution in [0.4, 0.5) is 0 Å². The number of rotatable bonds is 4. The van der Waals surface area contributed by atoms with Crippen LogP contribution in [0.3, 0.4) is 0 Å². The third-order valence-electron chi connectivity index (χ3n) is 3.30. The fraction of sp³-hybridized carbons (Fsp3) is 0.500. The van der Waals surface area contributed by atoms with Crippen LogP contribution in [-0.4, -0.2) is 17.1 Å².